The van der Waals surface area contributed by atoms with Crippen LogP contribution in [0.25, 0.3) is 11.6 Å². The largest absolute Gasteiger partial charge is 0.486 e. The molecule has 1 unspecified atom stereocenters. The Balaban J connectivity index is 1.46. The van der Waals surface area contributed by atoms with Crippen LogP contribution in [0, 0.1) is 5.82 Å². The number of hydrogen-bond donors (Lipinski definition) is 0. The van der Waals surface area contributed by atoms with Crippen LogP contribution in [0.2, 0.25) is 5.02 Å². The van der Waals surface area contributed by atoms with E-state index in [2.05, 4.69) is 0 Å². The zero-order valence-electron chi connectivity index (χ0n) is 25.6. The monoisotopic (exact) mass is 693 g/mol. The van der Waals surface area contributed by atoms with Crippen molar-refractivity contribution in [3.05, 3.63) is 88.2 Å². The molecule has 0 N–H and O–H groups in total. The number of fused-ring (bicyclic) bond motifs is 1. The highest BCUT2D eigenvalue weighted by molar-refractivity contribution is 7.92. The van der Waals surface area contributed by atoms with Crippen molar-refractivity contribution < 1.29 is 40.3 Å². The van der Waals surface area contributed by atoms with E-state index in [1.165, 1.54) is 31.2 Å². The molecule has 1 saturated heterocycles. The Bertz CT molecular complexity index is 1800. The van der Waals surface area contributed by atoms with Crippen molar-refractivity contribution >= 4 is 50.8 Å². The Morgan fingerprint density at radius 3 is 2.32 bits per heavy atom. The highest BCUT2D eigenvalue weighted by atomic mass is 35.5. The number of piperazine rings is 1. The van der Waals surface area contributed by atoms with Crippen molar-refractivity contribution in [3.8, 4) is 5.75 Å². The van der Waals surface area contributed by atoms with Crippen molar-refractivity contribution in [1.29, 1.82) is 0 Å². The minimum absolute atomic E-state index is 0.0287. The Morgan fingerprint density at radius 1 is 0.979 bits per heavy atom. The maximum absolute atomic E-state index is 14.6. The van der Waals surface area contributed by atoms with Gasteiger partial charge in [-0.3, -0.25) is 13.9 Å². The van der Waals surface area contributed by atoms with Gasteiger partial charge in [0, 0.05) is 45.1 Å². The average molecular weight is 694 g/mol. The first-order valence-electron chi connectivity index (χ1n) is 14.8. The first kappa shape index (κ1) is 34.2. The van der Waals surface area contributed by atoms with E-state index in [-0.39, 0.29) is 53.2 Å². The molecule has 0 aliphatic carbocycles. The molecule has 0 bridgehead atoms. The van der Waals surface area contributed by atoms with Gasteiger partial charge in [-0.2, -0.15) is 13.2 Å². The first-order valence-corrected chi connectivity index (χ1v) is 16.6. The molecule has 0 spiro atoms. The number of benzene rings is 3. The maximum Gasteiger partial charge on any atom is 0.416 e. The van der Waals surface area contributed by atoms with Crippen LogP contribution in [0.3, 0.4) is 0 Å². The molecule has 1 fully saturated rings. The zero-order valence-corrected chi connectivity index (χ0v) is 27.1. The molecule has 2 aliphatic rings. The van der Waals surface area contributed by atoms with Gasteiger partial charge < -0.3 is 14.5 Å². The molecular weight excluding hydrogens is 662 g/mol. The Labute approximate surface area is 275 Å². The number of sulfonamides is 1. The molecule has 5 rings (SSSR count). The highest BCUT2D eigenvalue weighted by Gasteiger charge is 2.37. The first-order chi connectivity index (χ1) is 22.1. The number of alkyl halides is 3. The smallest absolute Gasteiger partial charge is 0.416 e. The van der Waals surface area contributed by atoms with Crippen LogP contribution in [-0.2, 0) is 25.8 Å². The number of carbonyl (C=O) groups is 2. The van der Waals surface area contributed by atoms with Gasteiger partial charge >= 0.3 is 6.18 Å². The topological polar surface area (TPSA) is 87.2 Å². The highest BCUT2D eigenvalue weighted by Crippen LogP contribution is 2.40. The van der Waals surface area contributed by atoms with Crippen LogP contribution in [0.1, 0.15) is 43.4 Å². The third kappa shape index (κ3) is 7.57. The number of hydrogen-bond acceptors (Lipinski definition) is 5. The SMILES string of the molecule is CC(=O)N1CCN(C(=O)CCC2CN(S(=O)(=O)c3cccc(C(F)(F)F)c3)c3cc(C=C(C)c4c(F)cccc4Cl)ccc3O2)CC1. The normalized spacial score (nSPS) is 17.3. The van der Waals surface area contributed by atoms with Crippen LogP contribution in [-0.4, -0.2) is 68.9 Å². The fourth-order valence-corrected chi connectivity index (χ4v) is 7.52. The number of nitrogens with zero attached hydrogens (tertiary/aromatic N) is 3. The quantitative estimate of drug-likeness (QED) is 0.209. The summed E-state index contributed by atoms with van der Waals surface area (Å²) in [6.45, 7) is 4.40. The molecule has 2 amide bonds. The zero-order chi connectivity index (χ0) is 34.1. The molecule has 14 heteroatoms. The number of carbonyl (C=O) groups excluding carboxylic acids is 2. The van der Waals surface area contributed by atoms with E-state index in [0.29, 0.717) is 43.4 Å². The lowest BCUT2D eigenvalue weighted by Gasteiger charge is -2.37. The predicted molar refractivity (Wildman–Crippen MR) is 170 cm³/mol. The summed E-state index contributed by atoms with van der Waals surface area (Å²) >= 11 is 6.23. The molecule has 250 valence electrons. The number of rotatable bonds is 7. The number of allylic oxidation sites excluding steroid dienone is 1. The Morgan fingerprint density at radius 2 is 1.66 bits per heavy atom. The van der Waals surface area contributed by atoms with E-state index in [4.69, 9.17) is 16.3 Å². The van der Waals surface area contributed by atoms with Gasteiger partial charge in [-0.1, -0.05) is 35.9 Å². The Hall–Kier alpha value is -4.10. The number of anilines is 1. The predicted octanol–water partition coefficient (Wildman–Crippen LogP) is 6.49. The van der Waals surface area contributed by atoms with Crippen molar-refractivity contribution in [2.24, 2.45) is 0 Å². The summed E-state index contributed by atoms with van der Waals surface area (Å²) in [5.41, 5.74) is 0.0491. The van der Waals surface area contributed by atoms with E-state index < -0.39 is 38.6 Å². The van der Waals surface area contributed by atoms with Crippen molar-refractivity contribution in [3.63, 3.8) is 0 Å². The minimum Gasteiger partial charge on any atom is -0.486 e. The van der Waals surface area contributed by atoms with Gasteiger partial charge in [0.1, 0.15) is 17.7 Å². The molecule has 0 aromatic heterocycles. The van der Waals surface area contributed by atoms with E-state index >= 15 is 0 Å². The van der Waals surface area contributed by atoms with Crippen molar-refractivity contribution in [1.82, 2.24) is 9.80 Å². The molecule has 2 heterocycles. The fourth-order valence-electron chi connectivity index (χ4n) is 5.67. The molecule has 47 heavy (non-hydrogen) atoms. The second kappa shape index (κ2) is 13.6. The average Bonchev–Trinajstić information content (AvgIpc) is 3.03. The molecule has 3 aromatic carbocycles. The summed E-state index contributed by atoms with van der Waals surface area (Å²) in [6, 6.07) is 12.4. The van der Waals surface area contributed by atoms with Gasteiger partial charge in [-0.15, -0.1) is 0 Å². The van der Waals surface area contributed by atoms with Crippen molar-refractivity contribution in [2.45, 2.75) is 43.9 Å². The van der Waals surface area contributed by atoms with Gasteiger partial charge in [0.15, 0.2) is 0 Å². The van der Waals surface area contributed by atoms with E-state index in [0.717, 1.165) is 22.5 Å². The van der Waals surface area contributed by atoms with E-state index in [1.807, 2.05) is 0 Å². The third-order valence-electron chi connectivity index (χ3n) is 8.16. The van der Waals surface area contributed by atoms with Crippen molar-refractivity contribution in [2.75, 3.05) is 37.0 Å². The number of ether oxygens (including phenoxy) is 1. The van der Waals surface area contributed by atoms with Crippen LogP contribution in [0.15, 0.2) is 65.6 Å². The minimum atomic E-state index is -4.77. The third-order valence-corrected chi connectivity index (χ3v) is 10.3. The van der Waals surface area contributed by atoms with Crippen LogP contribution in [0.4, 0.5) is 23.2 Å². The van der Waals surface area contributed by atoms with Crippen LogP contribution < -0.4 is 9.04 Å². The molecule has 2 aliphatic heterocycles. The molecule has 3 aromatic rings. The number of halogens is 5. The summed E-state index contributed by atoms with van der Waals surface area (Å²) in [6.07, 6.45) is -3.80. The van der Waals surface area contributed by atoms with Gasteiger partial charge in [-0.05, 0) is 66.9 Å². The molecule has 8 nitrogen and oxygen atoms in total. The van der Waals surface area contributed by atoms with Crippen LogP contribution in [0.5, 0.6) is 5.75 Å². The summed E-state index contributed by atoms with van der Waals surface area (Å²) in [4.78, 5) is 27.3. The summed E-state index contributed by atoms with van der Waals surface area (Å²) in [5.74, 6) is -0.645. The molecule has 0 radical (unpaired) electrons. The number of amides is 2. The fraction of sp³-hybridized carbons (Fsp3) is 0.333. The summed E-state index contributed by atoms with van der Waals surface area (Å²) < 4.78 is 90.3. The van der Waals surface area contributed by atoms with Gasteiger partial charge in [0.25, 0.3) is 10.0 Å². The molecule has 1 atom stereocenters. The second-order valence-corrected chi connectivity index (χ2v) is 13.6. The van der Waals surface area contributed by atoms with Gasteiger partial charge in [-0.25, -0.2) is 12.8 Å². The summed E-state index contributed by atoms with van der Waals surface area (Å²) in [5, 5.41) is 0.187. The van der Waals surface area contributed by atoms with E-state index in [1.54, 1.807) is 34.9 Å². The lowest BCUT2D eigenvalue weighted by Crippen LogP contribution is -2.50. The van der Waals surface area contributed by atoms with Gasteiger partial charge in [0.2, 0.25) is 11.8 Å². The van der Waals surface area contributed by atoms with Crippen LogP contribution >= 0.6 is 11.6 Å². The summed E-state index contributed by atoms with van der Waals surface area (Å²) in [7, 11) is -4.56. The lowest BCUT2D eigenvalue weighted by atomic mass is 10.0. The maximum atomic E-state index is 14.6. The standard InChI is InChI=1S/C33H32ClF4N3O5S/c1-21(32-27(34)7-4-8-28(32)35)17-23-9-11-30-29(18-23)41(47(44,45)26-6-3-5-24(19-26)33(36,37)38)20-25(46-30)10-12-31(43)40-15-13-39(14-16-40)22(2)42/h3-9,11,17-19,25H,10,12-16,20H2,1-2H3. The molecular formula is C33H32ClF4N3O5S. The van der Waals surface area contributed by atoms with Gasteiger partial charge in [0.05, 0.1) is 27.7 Å². The Kier molecular flexibility index (Phi) is 9.88. The van der Waals surface area contributed by atoms with E-state index in [9.17, 15) is 35.6 Å². The molecule has 0 saturated carbocycles. The lowest BCUT2D eigenvalue weighted by molar-refractivity contribution is -0.138. The second-order valence-electron chi connectivity index (χ2n) is 11.4.